The highest BCUT2D eigenvalue weighted by atomic mass is 32.1. The lowest BCUT2D eigenvalue weighted by molar-refractivity contribution is -0.142. The van der Waals surface area contributed by atoms with Gasteiger partial charge in [-0.05, 0) is 48.9 Å². The number of nitrogens with zero attached hydrogens (tertiary/aromatic N) is 1. The Morgan fingerprint density at radius 1 is 1.00 bits per heavy atom. The fourth-order valence-electron chi connectivity index (χ4n) is 3.73. The standard InChI is InChI=1S/C20H21N3O4S/c24-18(23-10-14(12-6-7-12)15(11-23)19(25)26)16-8-9-17(28-16)22-20(27)21-13-4-2-1-3-5-13/h1-5,8-9,12,14-15H,6-7,10-11H2,(H,25,26)(H2,21,22,27)/t14-,15+/m1/s1. The number of hydrogen-bond acceptors (Lipinski definition) is 4. The van der Waals surface area contributed by atoms with Crippen LogP contribution in [0.25, 0.3) is 0 Å². The normalized spacial score (nSPS) is 21.4. The fraction of sp³-hybridized carbons (Fsp3) is 0.350. The number of carboxylic acid groups (broad SMARTS) is 1. The number of likely N-dealkylation sites (tertiary alicyclic amines) is 1. The number of rotatable bonds is 5. The molecule has 146 valence electrons. The van der Waals surface area contributed by atoms with E-state index in [9.17, 15) is 19.5 Å². The Labute approximate surface area is 166 Å². The van der Waals surface area contributed by atoms with Gasteiger partial charge in [0.05, 0.1) is 15.8 Å². The second-order valence-electron chi connectivity index (χ2n) is 7.27. The molecule has 0 unspecified atom stereocenters. The summed E-state index contributed by atoms with van der Waals surface area (Å²) in [6.07, 6.45) is 2.11. The van der Waals surface area contributed by atoms with Crippen molar-refractivity contribution in [2.24, 2.45) is 17.8 Å². The maximum atomic E-state index is 12.8. The minimum Gasteiger partial charge on any atom is -0.481 e. The lowest BCUT2D eigenvalue weighted by atomic mass is 9.92. The number of urea groups is 1. The molecule has 0 spiro atoms. The van der Waals surface area contributed by atoms with Gasteiger partial charge in [-0.15, -0.1) is 11.3 Å². The first-order chi connectivity index (χ1) is 13.5. The van der Waals surface area contributed by atoms with E-state index in [2.05, 4.69) is 10.6 Å². The van der Waals surface area contributed by atoms with Crippen molar-refractivity contribution in [3.05, 3.63) is 47.3 Å². The predicted octanol–water partition coefficient (Wildman–Crippen LogP) is 3.57. The van der Waals surface area contributed by atoms with Crippen LogP contribution in [0.3, 0.4) is 0 Å². The molecule has 8 heteroatoms. The van der Waals surface area contributed by atoms with Crippen LogP contribution in [0.4, 0.5) is 15.5 Å². The van der Waals surface area contributed by atoms with Crippen LogP contribution in [0.15, 0.2) is 42.5 Å². The van der Waals surface area contributed by atoms with E-state index in [1.54, 1.807) is 29.2 Å². The van der Waals surface area contributed by atoms with Crippen LogP contribution in [0.2, 0.25) is 0 Å². The highest BCUT2D eigenvalue weighted by molar-refractivity contribution is 7.18. The number of benzene rings is 1. The fourth-order valence-corrected chi connectivity index (χ4v) is 4.60. The Balaban J connectivity index is 1.38. The second-order valence-corrected chi connectivity index (χ2v) is 8.35. The molecule has 1 aliphatic heterocycles. The number of para-hydroxylation sites is 1. The summed E-state index contributed by atoms with van der Waals surface area (Å²) in [7, 11) is 0. The largest absolute Gasteiger partial charge is 0.481 e. The predicted molar refractivity (Wildman–Crippen MR) is 107 cm³/mol. The third-order valence-corrected chi connectivity index (χ3v) is 6.27. The summed E-state index contributed by atoms with van der Waals surface area (Å²) in [6, 6.07) is 12.1. The van der Waals surface area contributed by atoms with Crippen molar-refractivity contribution in [3.8, 4) is 0 Å². The number of hydrogen-bond donors (Lipinski definition) is 3. The van der Waals surface area contributed by atoms with Gasteiger partial charge in [0.15, 0.2) is 0 Å². The van der Waals surface area contributed by atoms with Crippen molar-refractivity contribution >= 4 is 39.9 Å². The third-order valence-electron chi connectivity index (χ3n) is 5.28. The van der Waals surface area contributed by atoms with Crippen molar-refractivity contribution < 1.29 is 19.5 Å². The van der Waals surface area contributed by atoms with E-state index in [4.69, 9.17) is 0 Å². The zero-order chi connectivity index (χ0) is 19.7. The van der Waals surface area contributed by atoms with Gasteiger partial charge in [-0.3, -0.25) is 14.9 Å². The Morgan fingerprint density at radius 2 is 1.75 bits per heavy atom. The number of nitrogens with one attached hydrogen (secondary N) is 2. The van der Waals surface area contributed by atoms with E-state index in [1.807, 2.05) is 18.2 Å². The molecule has 2 atom stereocenters. The lowest BCUT2D eigenvalue weighted by Crippen LogP contribution is -2.29. The van der Waals surface area contributed by atoms with Crippen LogP contribution in [0.5, 0.6) is 0 Å². The number of aliphatic carboxylic acids is 1. The first kappa shape index (κ1) is 18.5. The lowest BCUT2D eigenvalue weighted by Gasteiger charge is -2.15. The van der Waals surface area contributed by atoms with E-state index in [-0.39, 0.29) is 24.4 Å². The first-order valence-electron chi connectivity index (χ1n) is 9.26. The van der Waals surface area contributed by atoms with Crippen molar-refractivity contribution in [2.75, 3.05) is 23.7 Å². The zero-order valence-corrected chi connectivity index (χ0v) is 15.9. The molecule has 1 saturated carbocycles. The smallest absolute Gasteiger partial charge is 0.324 e. The van der Waals surface area contributed by atoms with Gasteiger partial charge in [0.25, 0.3) is 5.91 Å². The van der Waals surface area contributed by atoms with Gasteiger partial charge < -0.3 is 15.3 Å². The van der Waals surface area contributed by atoms with Crippen LogP contribution in [0.1, 0.15) is 22.5 Å². The Bertz CT molecular complexity index is 894. The molecule has 3 N–H and O–H groups in total. The molecule has 1 aromatic carbocycles. The molecule has 2 heterocycles. The van der Waals surface area contributed by atoms with Crippen LogP contribution < -0.4 is 10.6 Å². The van der Waals surface area contributed by atoms with Gasteiger partial charge >= 0.3 is 12.0 Å². The number of thiophene rings is 1. The number of carbonyl (C=O) groups is 3. The Hall–Kier alpha value is -2.87. The van der Waals surface area contributed by atoms with E-state index < -0.39 is 11.9 Å². The summed E-state index contributed by atoms with van der Waals surface area (Å²) in [5, 5.41) is 15.5. The van der Waals surface area contributed by atoms with Crippen LogP contribution >= 0.6 is 11.3 Å². The zero-order valence-electron chi connectivity index (χ0n) is 15.1. The first-order valence-corrected chi connectivity index (χ1v) is 10.1. The molecular weight excluding hydrogens is 378 g/mol. The van der Waals surface area contributed by atoms with Crippen LogP contribution in [0, 0.1) is 17.8 Å². The van der Waals surface area contributed by atoms with E-state index in [1.165, 1.54) is 11.3 Å². The molecule has 3 amide bonds. The average molecular weight is 399 g/mol. The second kappa shape index (κ2) is 7.63. The van der Waals surface area contributed by atoms with Crippen molar-refractivity contribution in [1.82, 2.24) is 4.90 Å². The van der Waals surface area contributed by atoms with Crippen LogP contribution in [-0.2, 0) is 4.79 Å². The molecule has 2 fully saturated rings. The van der Waals surface area contributed by atoms with E-state index >= 15 is 0 Å². The summed E-state index contributed by atoms with van der Waals surface area (Å²) in [6.45, 7) is 0.750. The maximum Gasteiger partial charge on any atom is 0.324 e. The highest BCUT2D eigenvalue weighted by Crippen LogP contribution is 2.44. The SMILES string of the molecule is O=C(Nc1ccccc1)Nc1ccc(C(=O)N2C[C@H](C(=O)O)[C@@H](C3CC3)C2)s1. The van der Waals surface area contributed by atoms with Crippen LogP contribution in [-0.4, -0.2) is 41.0 Å². The Kier molecular flexibility index (Phi) is 5.04. The van der Waals surface area contributed by atoms with Gasteiger partial charge in [-0.1, -0.05) is 18.2 Å². The van der Waals surface area contributed by atoms with Crippen molar-refractivity contribution in [3.63, 3.8) is 0 Å². The monoisotopic (exact) mass is 399 g/mol. The molecule has 2 aromatic rings. The quantitative estimate of drug-likeness (QED) is 0.716. The summed E-state index contributed by atoms with van der Waals surface area (Å²) in [5.74, 6) is -0.989. The minimum absolute atomic E-state index is 0.0515. The van der Waals surface area contributed by atoms with Gasteiger partial charge in [0.1, 0.15) is 0 Å². The number of anilines is 2. The van der Waals surface area contributed by atoms with Crippen molar-refractivity contribution in [2.45, 2.75) is 12.8 Å². The van der Waals surface area contributed by atoms with Crippen molar-refractivity contribution in [1.29, 1.82) is 0 Å². The third kappa shape index (κ3) is 4.01. The molecule has 4 rings (SSSR count). The summed E-state index contributed by atoms with van der Waals surface area (Å²) in [5.41, 5.74) is 0.677. The Morgan fingerprint density at radius 3 is 2.43 bits per heavy atom. The molecule has 28 heavy (non-hydrogen) atoms. The molecule has 0 bridgehead atoms. The summed E-state index contributed by atoms with van der Waals surface area (Å²) >= 11 is 1.19. The molecule has 1 aromatic heterocycles. The molecule has 0 radical (unpaired) electrons. The molecular formula is C20H21N3O4S. The maximum absolute atomic E-state index is 12.8. The molecule has 7 nitrogen and oxygen atoms in total. The van der Waals surface area contributed by atoms with E-state index in [0.29, 0.717) is 28.0 Å². The van der Waals surface area contributed by atoms with Gasteiger partial charge in [-0.2, -0.15) is 0 Å². The average Bonchev–Trinajstić information content (AvgIpc) is 3.25. The molecule has 1 saturated heterocycles. The molecule has 2 aliphatic rings. The van der Waals surface area contributed by atoms with Gasteiger partial charge in [-0.25, -0.2) is 4.79 Å². The van der Waals surface area contributed by atoms with Gasteiger partial charge in [0.2, 0.25) is 0 Å². The van der Waals surface area contributed by atoms with E-state index in [0.717, 1.165) is 12.8 Å². The summed E-state index contributed by atoms with van der Waals surface area (Å²) in [4.78, 5) is 38.6. The van der Waals surface area contributed by atoms with Gasteiger partial charge in [0, 0.05) is 18.8 Å². The summed E-state index contributed by atoms with van der Waals surface area (Å²) < 4.78 is 0. The topological polar surface area (TPSA) is 98.7 Å². The molecule has 1 aliphatic carbocycles. The minimum atomic E-state index is -0.821. The number of carboxylic acids is 1. The highest BCUT2D eigenvalue weighted by Gasteiger charge is 2.47. The number of amides is 3. The number of carbonyl (C=O) groups excluding carboxylic acids is 2.